The highest BCUT2D eigenvalue weighted by Crippen LogP contribution is 2.71. The van der Waals surface area contributed by atoms with Gasteiger partial charge in [-0.05, 0) is 125 Å². The molecule has 4 saturated carbocycles. The molecule has 9 rings (SSSR count). The van der Waals surface area contributed by atoms with E-state index in [0.717, 1.165) is 38.5 Å². The van der Waals surface area contributed by atoms with E-state index in [-0.39, 0.29) is 47.4 Å². The fourth-order valence-corrected chi connectivity index (χ4v) is 15.2. The van der Waals surface area contributed by atoms with Gasteiger partial charge in [-0.25, -0.2) is 0 Å². The van der Waals surface area contributed by atoms with Crippen molar-refractivity contribution in [3.05, 3.63) is 11.8 Å². The van der Waals surface area contributed by atoms with Crippen molar-refractivity contribution in [1.29, 1.82) is 0 Å². The Hall–Kier alpha value is -1.30. The second-order valence-corrected chi connectivity index (χ2v) is 24.0. The topological polar surface area (TPSA) is 346 Å². The second-order valence-electron chi connectivity index (χ2n) is 24.0. The molecule has 0 aromatic carbocycles. The first kappa shape index (κ1) is 56.4. The molecule has 0 amide bonds. The summed E-state index contributed by atoms with van der Waals surface area (Å²) in [7, 11) is 0. The summed E-state index contributed by atoms with van der Waals surface area (Å²) in [5.41, 5.74) is -1.40. The molecule has 5 saturated heterocycles. The van der Waals surface area contributed by atoms with E-state index in [2.05, 4.69) is 13.8 Å². The summed E-state index contributed by atoms with van der Waals surface area (Å²) in [5, 5.41) is 139. The lowest BCUT2D eigenvalue weighted by molar-refractivity contribution is -0.389. The molecule has 420 valence electrons. The predicted molar refractivity (Wildman–Crippen MR) is 249 cm³/mol. The average molecular weight is 1050 g/mol. The standard InChI is InChI=1S/C51H84O22/c1-20(19-65-45-38(60)37(59)34(56)29(17-52)70-45)7-10-31-51(6,64)44-28(69-31)16-27-25-9-8-23-15-24(11-13-49(23,4)26(25)12-14-50(27,44)5)68-48-43(73-47-40(62)36(58)33(55)22(3)67-47)41(63)42(30(18-53)71-48)72-46-39(61)35(57)32(54)21(2)66-46/h10,20-30,32-48,52-64H,7-9,11-19H2,1-6H3/b31-10-/t20-,21-,22-,23-,24-,25+,26-,27-,28-,29+,30+,32-,33-,34+,35+,36+,37-,38+,39+,40+,41-,42+,43+,44-,45+,46-,47-,48+,49-,50-,51-/m0/s1. The number of aliphatic hydroxyl groups is 13. The molecule has 73 heavy (non-hydrogen) atoms. The third-order valence-electron chi connectivity index (χ3n) is 19.4. The summed E-state index contributed by atoms with van der Waals surface area (Å²) in [6.45, 7) is 10.4. The molecule has 5 aliphatic heterocycles. The van der Waals surface area contributed by atoms with Crippen molar-refractivity contribution < 1.29 is 109 Å². The fourth-order valence-electron chi connectivity index (χ4n) is 15.2. The van der Waals surface area contributed by atoms with Gasteiger partial charge in [0.05, 0.1) is 38.1 Å². The average Bonchev–Trinajstić information content (AvgIpc) is 3.82. The first-order chi connectivity index (χ1) is 34.4. The molecule has 0 bridgehead atoms. The van der Waals surface area contributed by atoms with E-state index in [1.54, 1.807) is 0 Å². The zero-order valence-corrected chi connectivity index (χ0v) is 42.7. The predicted octanol–water partition coefficient (Wildman–Crippen LogP) is -1.98. The Morgan fingerprint density at radius 1 is 0.589 bits per heavy atom. The summed E-state index contributed by atoms with van der Waals surface area (Å²) < 4.78 is 54.6. The number of allylic oxidation sites excluding steroid dienone is 1. The monoisotopic (exact) mass is 1050 g/mol. The van der Waals surface area contributed by atoms with E-state index in [1.807, 2.05) is 19.9 Å². The number of hydrogen-bond acceptors (Lipinski definition) is 22. The van der Waals surface area contributed by atoms with Gasteiger partial charge in [-0.1, -0.05) is 20.8 Å². The van der Waals surface area contributed by atoms with Gasteiger partial charge in [-0.3, -0.25) is 0 Å². The van der Waals surface area contributed by atoms with Gasteiger partial charge in [-0.15, -0.1) is 0 Å². The zero-order valence-electron chi connectivity index (χ0n) is 42.7. The van der Waals surface area contributed by atoms with E-state index in [9.17, 15) is 66.4 Å². The van der Waals surface area contributed by atoms with Gasteiger partial charge in [0, 0.05) is 5.92 Å². The lowest BCUT2D eigenvalue weighted by Crippen LogP contribution is -2.66. The van der Waals surface area contributed by atoms with Gasteiger partial charge in [0.1, 0.15) is 103 Å². The van der Waals surface area contributed by atoms with Crippen LogP contribution in [0.5, 0.6) is 0 Å². The summed E-state index contributed by atoms with van der Waals surface area (Å²) in [6, 6.07) is 0. The Labute approximate surface area is 426 Å². The van der Waals surface area contributed by atoms with Crippen molar-refractivity contribution in [3.63, 3.8) is 0 Å². The fraction of sp³-hybridized carbons (Fsp3) is 0.961. The van der Waals surface area contributed by atoms with Crippen LogP contribution >= 0.6 is 0 Å². The van der Waals surface area contributed by atoms with Crippen LogP contribution in [0.3, 0.4) is 0 Å². The highest BCUT2D eigenvalue weighted by Gasteiger charge is 2.69. The molecule has 4 aliphatic carbocycles. The highest BCUT2D eigenvalue weighted by molar-refractivity contribution is 5.26. The van der Waals surface area contributed by atoms with Crippen LogP contribution in [-0.4, -0.2) is 227 Å². The maximum Gasteiger partial charge on any atom is 0.187 e. The first-order valence-electron chi connectivity index (χ1n) is 26.8. The number of aliphatic hydroxyl groups excluding tert-OH is 12. The summed E-state index contributed by atoms with van der Waals surface area (Å²) in [5.74, 6) is 1.79. The molecule has 0 radical (unpaired) electrons. The van der Waals surface area contributed by atoms with E-state index < -0.39 is 142 Å². The van der Waals surface area contributed by atoms with Crippen LogP contribution in [0.1, 0.15) is 99.3 Å². The van der Waals surface area contributed by atoms with E-state index in [4.69, 9.17) is 42.6 Å². The summed E-state index contributed by atoms with van der Waals surface area (Å²) in [4.78, 5) is 0. The Balaban J connectivity index is 0.844. The van der Waals surface area contributed by atoms with Crippen LogP contribution in [0, 0.1) is 46.3 Å². The van der Waals surface area contributed by atoms with Crippen molar-refractivity contribution in [2.24, 2.45) is 46.3 Å². The molecule has 9 fully saturated rings. The molecule has 22 heteroatoms. The molecule has 0 spiro atoms. The van der Waals surface area contributed by atoms with Crippen LogP contribution in [0.25, 0.3) is 0 Å². The molecule has 0 aromatic heterocycles. The van der Waals surface area contributed by atoms with Crippen LogP contribution < -0.4 is 0 Å². The first-order valence-corrected chi connectivity index (χ1v) is 26.8. The summed E-state index contributed by atoms with van der Waals surface area (Å²) in [6.07, 6.45) is -20.0. The SMILES string of the molecule is C[C@@H](C/C=C1\O[C@H]2C[C@H]3[C@@H]4CC[C@H]5C[C@@H](O[C@@H]6O[C@H](CO)[C@@H](O[C@@H]7O[C@@H](C)[C@H](O)[C@@H](O)[C@H]7O)[C@H](O)[C@H]6O[C@@H]6O[C@@H](C)[C@H](O)[C@@H](O)[C@H]6O)CC[C@]5(C)[C@H]4CC[C@]3(C)[C@H]2[C@@]1(C)O)CO[C@@H]1O[C@H](CO)[C@@H](O)[C@H](O)[C@H]1O. The number of ether oxygens (including phenoxy) is 9. The molecule has 22 nitrogen and oxygen atoms in total. The zero-order chi connectivity index (χ0) is 52.8. The quantitative estimate of drug-likeness (QED) is 0.0889. The summed E-state index contributed by atoms with van der Waals surface area (Å²) >= 11 is 0. The third kappa shape index (κ3) is 10.1. The lowest BCUT2D eigenvalue weighted by Gasteiger charge is -2.61. The molecule has 0 unspecified atom stereocenters. The molecule has 5 heterocycles. The maximum atomic E-state index is 12.4. The van der Waals surface area contributed by atoms with Crippen molar-refractivity contribution >= 4 is 0 Å². The Morgan fingerprint density at radius 3 is 1.79 bits per heavy atom. The van der Waals surface area contributed by atoms with Gasteiger partial charge in [0.25, 0.3) is 0 Å². The van der Waals surface area contributed by atoms with Gasteiger partial charge < -0.3 is 109 Å². The van der Waals surface area contributed by atoms with Crippen LogP contribution in [0.2, 0.25) is 0 Å². The maximum absolute atomic E-state index is 12.4. The third-order valence-corrected chi connectivity index (χ3v) is 19.4. The Morgan fingerprint density at radius 2 is 1.16 bits per heavy atom. The van der Waals surface area contributed by atoms with Crippen molar-refractivity contribution in [2.45, 2.75) is 240 Å². The van der Waals surface area contributed by atoms with Gasteiger partial charge in [0.15, 0.2) is 25.2 Å². The Bertz CT molecular complexity index is 1900. The van der Waals surface area contributed by atoms with Crippen LogP contribution in [-0.2, 0) is 42.6 Å². The van der Waals surface area contributed by atoms with Gasteiger partial charge in [0.2, 0.25) is 0 Å². The van der Waals surface area contributed by atoms with Crippen molar-refractivity contribution in [2.75, 3.05) is 19.8 Å². The minimum absolute atomic E-state index is 0.0251. The van der Waals surface area contributed by atoms with E-state index in [0.29, 0.717) is 42.8 Å². The minimum atomic E-state index is -1.74. The Kier molecular flexibility index (Phi) is 16.8. The van der Waals surface area contributed by atoms with Crippen molar-refractivity contribution in [3.8, 4) is 0 Å². The smallest absolute Gasteiger partial charge is 0.187 e. The normalized spacial score (nSPS) is 56.0. The molecule has 0 aromatic rings. The number of hydrogen-bond donors (Lipinski definition) is 13. The second kappa shape index (κ2) is 21.7. The number of fused-ring (bicyclic) bond motifs is 7. The lowest BCUT2D eigenvalue weighted by atomic mass is 9.44. The van der Waals surface area contributed by atoms with Gasteiger partial charge in [-0.2, -0.15) is 0 Å². The van der Waals surface area contributed by atoms with E-state index in [1.165, 1.54) is 13.8 Å². The van der Waals surface area contributed by atoms with E-state index >= 15 is 0 Å². The molecule has 31 atom stereocenters. The molecule has 9 aliphatic rings. The molecule has 13 N–H and O–H groups in total. The number of rotatable bonds is 13. The minimum Gasteiger partial charge on any atom is -0.492 e. The molecular weight excluding hydrogens is 965 g/mol. The van der Waals surface area contributed by atoms with Crippen LogP contribution in [0.15, 0.2) is 11.8 Å². The highest BCUT2D eigenvalue weighted by atomic mass is 16.8. The van der Waals surface area contributed by atoms with Crippen molar-refractivity contribution in [1.82, 2.24) is 0 Å². The van der Waals surface area contributed by atoms with Crippen LogP contribution in [0.4, 0.5) is 0 Å². The van der Waals surface area contributed by atoms with Gasteiger partial charge >= 0.3 is 0 Å². The largest absolute Gasteiger partial charge is 0.492 e. The molecular formula is C51H84O22.